The summed E-state index contributed by atoms with van der Waals surface area (Å²) in [5.74, 6) is -1.34. The lowest BCUT2D eigenvalue weighted by Crippen LogP contribution is -2.39. The van der Waals surface area contributed by atoms with Crippen LogP contribution in [0.2, 0.25) is 0 Å². The van der Waals surface area contributed by atoms with Crippen LogP contribution in [-0.2, 0) is 14.3 Å². The highest BCUT2D eigenvalue weighted by atomic mass is 32.1. The molecule has 0 radical (unpaired) electrons. The molecule has 1 aliphatic carbocycles. The Morgan fingerprint density at radius 2 is 2.00 bits per heavy atom. The maximum absolute atomic E-state index is 13.2. The molecule has 1 fully saturated rings. The molecule has 0 aromatic carbocycles. The summed E-state index contributed by atoms with van der Waals surface area (Å²) in [6.07, 6.45) is 5.89. The molecule has 0 amide bonds. The van der Waals surface area contributed by atoms with Crippen LogP contribution in [0.25, 0.3) is 6.08 Å². The number of carbonyl (C=O) groups excluding carboxylic acids is 2. The summed E-state index contributed by atoms with van der Waals surface area (Å²) in [5.41, 5.74) is 0.443. The van der Waals surface area contributed by atoms with Crippen molar-refractivity contribution in [3.8, 4) is 0 Å². The van der Waals surface area contributed by atoms with E-state index in [2.05, 4.69) is 18.0 Å². The number of Topliss-reactive ketones (excluding diaryl/α,β-unsaturated/α-hetero) is 1. The number of fused-ring (bicyclic) bond motifs is 1. The molecular weight excluding hydrogens is 450 g/mol. The van der Waals surface area contributed by atoms with Crippen molar-refractivity contribution in [2.45, 2.75) is 97.9 Å². The molecule has 188 valence electrons. The van der Waals surface area contributed by atoms with Gasteiger partial charge in [0.15, 0.2) is 0 Å². The number of aliphatic hydroxyl groups is 2. The van der Waals surface area contributed by atoms with Gasteiger partial charge < -0.3 is 14.9 Å². The van der Waals surface area contributed by atoms with Gasteiger partial charge in [-0.3, -0.25) is 9.59 Å². The summed E-state index contributed by atoms with van der Waals surface area (Å²) in [7, 11) is 0. The number of ketones is 1. The Hall–Kier alpha value is -1.83. The zero-order valence-corrected chi connectivity index (χ0v) is 22.1. The minimum Gasteiger partial charge on any atom is -0.457 e. The van der Waals surface area contributed by atoms with E-state index in [4.69, 9.17) is 4.74 Å². The van der Waals surface area contributed by atoms with Crippen molar-refractivity contribution in [3.05, 3.63) is 33.3 Å². The first kappa shape index (κ1) is 26.8. The van der Waals surface area contributed by atoms with Crippen molar-refractivity contribution >= 4 is 29.2 Å². The summed E-state index contributed by atoms with van der Waals surface area (Å²) in [6.45, 7) is 11.3. The molecule has 34 heavy (non-hydrogen) atoms. The number of hydrogen-bond acceptors (Lipinski definition) is 7. The van der Waals surface area contributed by atoms with E-state index in [0.29, 0.717) is 6.42 Å². The van der Waals surface area contributed by atoms with Gasteiger partial charge in [-0.05, 0) is 70.9 Å². The molecule has 7 heteroatoms. The molecule has 2 N–H and O–H groups in total. The Bertz CT molecular complexity index is 981. The van der Waals surface area contributed by atoms with Crippen LogP contribution in [0.4, 0.5) is 0 Å². The molecule has 3 rings (SSSR count). The molecule has 2 heterocycles. The number of aryl methyl sites for hydroxylation is 1. The summed E-state index contributed by atoms with van der Waals surface area (Å²) >= 11 is 1.57. The highest BCUT2D eigenvalue weighted by Gasteiger charge is 2.69. The third kappa shape index (κ3) is 5.86. The lowest BCUT2D eigenvalue weighted by atomic mass is 9.80. The smallest absolute Gasteiger partial charge is 0.309 e. The molecule has 1 saturated carbocycles. The van der Waals surface area contributed by atoms with Crippen LogP contribution in [0.3, 0.4) is 0 Å². The molecule has 1 aromatic rings. The molecule has 2 aliphatic rings. The van der Waals surface area contributed by atoms with Crippen LogP contribution in [-0.4, -0.2) is 44.8 Å². The predicted molar refractivity (Wildman–Crippen MR) is 134 cm³/mol. The van der Waals surface area contributed by atoms with E-state index in [0.717, 1.165) is 35.5 Å². The van der Waals surface area contributed by atoms with E-state index < -0.39 is 35.1 Å². The number of esters is 1. The van der Waals surface area contributed by atoms with Crippen molar-refractivity contribution in [2.24, 2.45) is 17.3 Å². The zero-order valence-electron chi connectivity index (χ0n) is 21.3. The average molecular weight is 490 g/mol. The summed E-state index contributed by atoms with van der Waals surface area (Å²) < 4.78 is 5.85. The number of nitrogens with zero attached hydrogens (tertiary/aromatic N) is 1. The van der Waals surface area contributed by atoms with Crippen molar-refractivity contribution in [1.82, 2.24) is 4.98 Å². The number of rotatable bonds is 2. The van der Waals surface area contributed by atoms with Crippen molar-refractivity contribution in [3.63, 3.8) is 0 Å². The fourth-order valence-electron chi connectivity index (χ4n) is 5.09. The van der Waals surface area contributed by atoms with Gasteiger partial charge in [-0.15, -0.1) is 11.3 Å². The Kier molecular flexibility index (Phi) is 8.21. The zero-order chi connectivity index (χ0) is 25.3. The third-order valence-corrected chi connectivity index (χ3v) is 8.53. The van der Waals surface area contributed by atoms with Gasteiger partial charge in [0.05, 0.1) is 34.2 Å². The molecular formula is C27H39NO5S. The lowest BCUT2D eigenvalue weighted by molar-refractivity contribution is -0.151. The van der Waals surface area contributed by atoms with Crippen molar-refractivity contribution in [1.29, 1.82) is 0 Å². The van der Waals surface area contributed by atoms with E-state index in [9.17, 15) is 19.8 Å². The number of carbonyl (C=O) groups is 2. The van der Waals surface area contributed by atoms with Gasteiger partial charge in [0.25, 0.3) is 0 Å². The quantitative estimate of drug-likeness (QED) is 0.447. The number of thiazole rings is 1. The van der Waals surface area contributed by atoms with Gasteiger partial charge in [0.1, 0.15) is 11.9 Å². The number of hydrogen-bond donors (Lipinski definition) is 2. The summed E-state index contributed by atoms with van der Waals surface area (Å²) in [4.78, 5) is 30.6. The second-order valence-corrected chi connectivity index (χ2v) is 11.7. The lowest BCUT2D eigenvalue weighted by Gasteiger charge is -2.28. The monoisotopic (exact) mass is 489 g/mol. The second-order valence-electron chi connectivity index (χ2n) is 10.7. The average Bonchev–Trinajstić information content (AvgIpc) is 3.08. The van der Waals surface area contributed by atoms with Gasteiger partial charge >= 0.3 is 5.97 Å². The van der Waals surface area contributed by atoms with Gasteiger partial charge in [0.2, 0.25) is 0 Å². The van der Waals surface area contributed by atoms with Crippen LogP contribution in [0.5, 0.6) is 0 Å². The van der Waals surface area contributed by atoms with E-state index in [1.807, 2.05) is 32.2 Å². The standard InChI is InChI=1S/C27H39NO5S/c1-16-8-7-9-17(2)24(30)19(4)25(31)26(6)15-27(26,32)13-23(29)33-22(11-10-16)18(3)12-21-14-34-20(5)28-21/h10,12,14,17,19,22,24,30,32H,7-9,11,13,15H2,1-6H3/b16-10-,18-12+/t17?,19?,22?,24?,26-,27?/m0/s1. The Morgan fingerprint density at radius 1 is 1.29 bits per heavy atom. The van der Waals surface area contributed by atoms with E-state index in [-0.39, 0.29) is 24.5 Å². The van der Waals surface area contributed by atoms with Crippen LogP contribution >= 0.6 is 11.3 Å². The molecule has 5 unspecified atom stereocenters. The first-order chi connectivity index (χ1) is 15.9. The van der Waals surface area contributed by atoms with Crippen LogP contribution in [0.15, 0.2) is 22.6 Å². The number of allylic oxidation sites excluding steroid dienone is 1. The molecule has 0 bridgehead atoms. The predicted octanol–water partition coefficient (Wildman–Crippen LogP) is 5.02. The van der Waals surface area contributed by atoms with E-state index in [1.165, 1.54) is 5.57 Å². The molecule has 6 nitrogen and oxygen atoms in total. The fraction of sp³-hybridized carbons (Fsp3) is 0.667. The number of cyclic esters (lactones) is 1. The van der Waals surface area contributed by atoms with E-state index in [1.54, 1.807) is 25.2 Å². The van der Waals surface area contributed by atoms with Crippen molar-refractivity contribution < 1.29 is 24.5 Å². The molecule has 6 atom stereocenters. The molecule has 0 saturated heterocycles. The SMILES string of the molecule is C/C1=C/CC(/C(C)=C/c2csc(C)n2)OC(=O)CC2(O)C[C@@]2(C)C(=O)C(C)C(O)C(C)CCC1. The van der Waals surface area contributed by atoms with Gasteiger partial charge in [-0.1, -0.05) is 25.5 Å². The number of aliphatic hydroxyl groups excluding tert-OH is 1. The van der Waals surface area contributed by atoms with Crippen LogP contribution in [0.1, 0.15) is 83.8 Å². The largest absolute Gasteiger partial charge is 0.457 e. The maximum atomic E-state index is 13.2. The normalized spacial score (nSPS) is 38.0. The summed E-state index contributed by atoms with van der Waals surface area (Å²) in [6, 6.07) is 0. The van der Waals surface area contributed by atoms with Gasteiger partial charge in [0, 0.05) is 17.7 Å². The Morgan fingerprint density at radius 3 is 2.65 bits per heavy atom. The highest BCUT2D eigenvalue weighted by molar-refractivity contribution is 7.09. The topological polar surface area (TPSA) is 96.7 Å². The number of ether oxygens (including phenoxy) is 1. The fourth-order valence-corrected chi connectivity index (χ4v) is 5.66. The third-order valence-electron chi connectivity index (χ3n) is 7.74. The minimum absolute atomic E-state index is 0.0282. The Labute approximate surface area is 207 Å². The van der Waals surface area contributed by atoms with Crippen LogP contribution in [0, 0.1) is 24.2 Å². The second kappa shape index (κ2) is 10.4. The van der Waals surface area contributed by atoms with Crippen LogP contribution < -0.4 is 0 Å². The number of aromatic nitrogens is 1. The van der Waals surface area contributed by atoms with Crippen molar-refractivity contribution in [2.75, 3.05) is 0 Å². The molecule has 1 aliphatic heterocycles. The Balaban J connectivity index is 1.86. The first-order valence-corrected chi connectivity index (χ1v) is 13.1. The highest BCUT2D eigenvalue weighted by Crippen LogP contribution is 2.60. The van der Waals surface area contributed by atoms with Gasteiger partial charge in [-0.25, -0.2) is 4.98 Å². The summed E-state index contributed by atoms with van der Waals surface area (Å²) in [5, 5.41) is 24.8. The molecule has 1 aromatic heterocycles. The maximum Gasteiger partial charge on any atom is 0.309 e. The molecule has 0 spiro atoms. The minimum atomic E-state index is -1.44. The first-order valence-electron chi connectivity index (χ1n) is 12.3. The van der Waals surface area contributed by atoms with Gasteiger partial charge in [-0.2, -0.15) is 0 Å². The van der Waals surface area contributed by atoms with E-state index >= 15 is 0 Å².